The first kappa shape index (κ1) is 10.6. The van der Waals surface area contributed by atoms with E-state index in [0.29, 0.717) is 17.4 Å². The molecule has 15 heavy (non-hydrogen) atoms. The van der Waals surface area contributed by atoms with E-state index in [4.69, 9.17) is 11.6 Å². The van der Waals surface area contributed by atoms with E-state index in [1.165, 1.54) is 12.4 Å². The molecular weight excluding hydrogens is 238 g/mol. The summed E-state index contributed by atoms with van der Waals surface area (Å²) in [5.41, 5.74) is 0. The lowest BCUT2D eigenvalue weighted by molar-refractivity contribution is 0.602. The Morgan fingerprint density at radius 3 is 2.87 bits per heavy atom. The van der Waals surface area contributed by atoms with E-state index in [2.05, 4.69) is 15.3 Å². The number of aromatic nitrogens is 2. The molecule has 0 spiro atoms. The van der Waals surface area contributed by atoms with Crippen LogP contribution >= 0.6 is 11.6 Å². The van der Waals surface area contributed by atoms with Gasteiger partial charge in [0.2, 0.25) is 0 Å². The van der Waals surface area contributed by atoms with Crippen molar-refractivity contribution >= 4 is 27.3 Å². The molecule has 1 N–H and O–H groups in total. The van der Waals surface area contributed by atoms with Crippen LogP contribution < -0.4 is 5.32 Å². The van der Waals surface area contributed by atoms with Crippen molar-refractivity contribution in [1.82, 2.24) is 9.97 Å². The molecule has 0 saturated carbocycles. The van der Waals surface area contributed by atoms with Gasteiger partial charge in [0.15, 0.2) is 9.84 Å². The molecule has 1 aromatic rings. The minimum atomic E-state index is -2.87. The largest absolute Gasteiger partial charge is 0.365 e. The van der Waals surface area contributed by atoms with Gasteiger partial charge in [0.1, 0.15) is 11.0 Å². The molecule has 1 aromatic heterocycles. The summed E-state index contributed by atoms with van der Waals surface area (Å²) < 4.78 is 22.4. The minimum absolute atomic E-state index is 0.0808. The molecule has 82 valence electrons. The third-order valence-corrected chi connectivity index (χ3v) is 4.14. The zero-order valence-corrected chi connectivity index (χ0v) is 9.42. The smallest absolute Gasteiger partial charge is 0.152 e. The van der Waals surface area contributed by atoms with Gasteiger partial charge < -0.3 is 5.32 Å². The van der Waals surface area contributed by atoms with Gasteiger partial charge in [0.05, 0.1) is 23.9 Å². The van der Waals surface area contributed by atoms with Crippen molar-refractivity contribution in [2.75, 3.05) is 16.8 Å². The highest BCUT2D eigenvalue weighted by Gasteiger charge is 2.27. The first-order chi connectivity index (χ1) is 7.05. The second kappa shape index (κ2) is 3.94. The van der Waals surface area contributed by atoms with Gasteiger partial charge in [-0.15, -0.1) is 0 Å². The number of hydrogen-bond donors (Lipinski definition) is 1. The molecule has 0 aliphatic carbocycles. The summed E-state index contributed by atoms with van der Waals surface area (Å²) in [6, 6.07) is -0.0808. The molecule has 0 aromatic carbocycles. The molecule has 0 amide bonds. The summed E-state index contributed by atoms with van der Waals surface area (Å²) in [4.78, 5) is 7.84. The fourth-order valence-electron chi connectivity index (χ4n) is 1.53. The highest BCUT2D eigenvalue weighted by molar-refractivity contribution is 7.91. The molecule has 5 nitrogen and oxygen atoms in total. The first-order valence-corrected chi connectivity index (χ1v) is 6.70. The second-order valence-electron chi connectivity index (χ2n) is 3.47. The number of rotatable bonds is 2. The average molecular weight is 248 g/mol. The zero-order valence-electron chi connectivity index (χ0n) is 7.85. The third kappa shape index (κ3) is 2.79. The minimum Gasteiger partial charge on any atom is -0.365 e. The van der Waals surface area contributed by atoms with Crippen molar-refractivity contribution in [2.24, 2.45) is 0 Å². The summed E-state index contributed by atoms with van der Waals surface area (Å²) in [6.45, 7) is 0. The summed E-state index contributed by atoms with van der Waals surface area (Å²) in [7, 11) is -2.87. The fourth-order valence-corrected chi connectivity index (χ4v) is 3.35. The van der Waals surface area contributed by atoms with E-state index in [1.807, 2.05) is 0 Å². The Hall–Kier alpha value is -0.880. The van der Waals surface area contributed by atoms with Crippen LogP contribution in [0.2, 0.25) is 5.15 Å². The summed E-state index contributed by atoms with van der Waals surface area (Å²) in [5.74, 6) is 0.907. The molecule has 2 rings (SSSR count). The zero-order chi connectivity index (χ0) is 10.9. The monoisotopic (exact) mass is 247 g/mol. The SMILES string of the molecule is O=S1(=O)CCC(Nc2cncc(Cl)n2)C1. The van der Waals surface area contributed by atoms with Gasteiger partial charge in [-0.1, -0.05) is 11.6 Å². The maximum Gasteiger partial charge on any atom is 0.152 e. The molecule has 0 radical (unpaired) electrons. The molecule has 7 heteroatoms. The van der Waals surface area contributed by atoms with Crippen LogP contribution in [0.3, 0.4) is 0 Å². The lowest BCUT2D eigenvalue weighted by Gasteiger charge is -2.10. The van der Waals surface area contributed by atoms with E-state index in [1.54, 1.807) is 0 Å². The van der Waals surface area contributed by atoms with Crippen molar-refractivity contribution in [2.45, 2.75) is 12.5 Å². The molecule has 1 saturated heterocycles. The van der Waals surface area contributed by atoms with Gasteiger partial charge in [-0.2, -0.15) is 0 Å². The summed E-state index contributed by atoms with van der Waals surface area (Å²) >= 11 is 5.65. The van der Waals surface area contributed by atoms with Crippen LogP contribution in [0.5, 0.6) is 0 Å². The number of anilines is 1. The lowest BCUT2D eigenvalue weighted by atomic mass is 10.3. The number of halogens is 1. The first-order valence-electron chi connectivity index (χ1n) is 4.50. The Labute approximate surface area is 92.8 Å². The standard InChI is InChI=1S/C8H10ClN3O2S/c9-7-3-10-4-8(12-7)11-6-1-2-15(13,14)5-6/h3-4,6H,1-2,5H2,(H,11,12). The lowest BCUT2D eigenvalue weighted by Crippen LogP contribution is -2.21. The predicted molar refractivity (Wildman–Crippen MR) is 57.7 cm³/mol. The van der Waals surface area contributed by atoms with Crippen LogP contribution in [0.15, 0.2) is 12.4 Å². The second-order valence-corrected chi connectivity index (χ2v) is 6.09. The third-order valence-electron chi connectivity index (χ3n) is 2.19. The molecule has 1 fully saturated rings. The summed E-state index contributed by atoms with van der Waals surface area (Å²) in [5, 5.41) is 3.29. The number of nitrogens with zero attached hydrogens (tertiary/aromatic N) is 2. The molecule has 1 atom stereocenters. The van der Waals surface area contributed by atoms with Crippen molar-refractivity contribution in [3.05, 3.63) is 17.5 Å². The van der Waals surface area contributed by atoms with E-state index < -0.39 is 9.84 Å². The Bertz CT molecular complexity index is 463. The van der Waals surface area contributed by atoms with Gasteiger partial charge in [0, 0.05) is 6.04 Å². The number of hydrogen-bond acceptors (Lipinski definition) is 5. The Balaban J connectivity index is 2.05. The van der Waals surface area contributed by atoms with Crippen molar-refractivity contribution in [1.29, 1.82) is 0 Å². The Morgan fingerprint density at radius 1 is 1.47 bits per heavy atom. The normalized spacial score (nSPS) is 23.9. The molecule has 1 aliphatic heterocycles. The predicted octanol–water partition coefficient (Wildman–Crippen LogP) is 0.729. The Morgan fingerprint density at radius 2 is 2.27 bits per heavy atom. The van der Waals surface area contributed by atoms with Gasteiger partial charge >= 0.3 is 0 Å². The Kier molecular flexibility index (Phi) is 2.79. The van der Waals surface area contributed by atoms with Gasteiger partial charge in [-0.05, 0) is 6.42 Å². The molecule has 1 aliphatic rings. The quantitative estimate of drug-likeness (QED) is 0.834. The van der Waals surface area contributed by atoms with Gasteiger partial charge in [0.25, 0.3) is 0 Å². The van der Waals surface area contributed by atoms with E-state index in [9.17, 15) is 8.42 Å². The number of sulfone groups is 1. The molecule has 0 bridgehead atoms. The van der Waals surface area contributed by atoms with E-state index in [-0.39, 0.29) is 17.5 Å². The van der Waals surface area contributed by atoms with Crippen molar-refractivity contribution < 1.29 is 8.42 Å². The van der Waals surface area contributed by atoms with Crippen LogP contribution in [0.25, 0.3) is 0 Å². The van der Waals surface area contributed by atoms with Crippen molar-refractivity contribution in [3.8, 4) is 0 Å². The van der Waals surface area contributed by atoms with E-state index >= 15 is 0 Å². The van der Waals surface area contributed by atoms with E-state index in [0.717, 1.165) is 0 Å². The highest BCUT2D eigenvalue weighted by Crippen LogP contribution is 2.16. The summed E-state index contributed by atoms with van der Waals surface area (Å²) in [6.07, 6.45) is 3.56. The van der Waals surface area contributed by atoms with Gasteiger partial charge in [-0.25, -0.2) is 13.4 Å². The van der Waals surface area contributed by atoms with Crippen LogP contribution in [0.4, 0.5) is 5.82 Å². The maximum atomic E-state index is 11.2. The average Bonchev–Trinajstić information content (AvgIpc) is 2.45. The van der Waals surface area contributed by atoms with Crippen molar-refractivity contribution in [3.63, 3.8) is 0 Å². The molecule has 1 unspecified atom stereocenters. The molecule has 2 heterocycles. The maximum absolute atomic E-state index is 11.2. The topological polar surface area (TPSA) is 72.0 Å². The van der Waals surface area contributed by atoms with Crippen LogP contribution in [0.1, 0.15) is 6.42 Å². The molecular formula is C8H10ClN3O2S. The van der Waals surface area contributed by atoms with Crippen LogP contribution in [-0.4, -0.2) is 35.9 Å². The van der Waals surface area contributed by atoms with Gasteiger partial charge in [-0.3, -0.25) is 4.98 Å². The highest BCUT2D eigenvalue weighted by atomic mass is 35.5. The fraction of sp³-hybridized carbons (Fsp3) is 0.500. The van der Waals surface area contributed by atoms with Crippen LogP contribution in [0, 0.1) is 0 Å². The number of nitrogens with one attached hydrogen (secondary N) is 1. The van der Waals surface area contributed by atoms with Crippen LogP contribution in [-0.2, 0) is 9.84 Å².